The van der Waals surface area contributed by atoms with Crippen LogP contribution in [0.1, 0.15) is 26.3 Å². The molecule has 0 radical (unpaired) electrons. The predicted octanol–water partition coefficient (Wildman–Crippen LogP) is 5.94. The van der Waals surface area contributed by atoms with Gasteiger partial charge in [-0.25, -0.2) is 4.79 Å². The van der Waals surface area contributed by atoms with Crippen LogP contribution in [-0.2, 0) is 6.54 Å². The maximum absolute atomic E-state index is 12.4. The van der Waals surface area contributed by atoms with Gasteiger partial charge in [-0.15, -0.1) is 0 Å². The number of carboxylic acid groups (broad SMARTS) is 1. The molecule has 3 aromatic rings. The fourth-order valence-electron chi connectivity index (χ4n) is 2.67. The standard InChI is InChI=1S/C21H14Cl3NO3/c22-16-5-6-17(19(24)10-16)20(26)25-11-15-9-13(4-7-18(15)23)12-2-1-3-14(8-12)21(27)28/h1-10H,11H2,(H,25,26)(H,27,28). The largest absolute Gasteiger partial charge is 0.478 e. The van der Waals surface area contributed by atoms with Gasteiger partial charge in [0, 0.05) is 16.6 Å². The van der Waals surface area contributed by atoms with E-state index in [2.05, 4.69) is 5.32 Å². The fraction of sp³-hybridized carbons (Fsp3) is 0.0476. The Kier molecular flexibility index (Phi) is 6.25. The summed E-state index contributed by atoms with van der Waals surface area (Å²) in [5.41, 5.74) is 2.73. The van der Waals surface area contributed by atoms with Gasteiger partial charge in [-0.2, -0.15) is 0 Å². The summed E-state index contributed by atoms with van der Waals surface area (Å²) >= 11 is 18.2. The molecule has 0 aliphatic rings. The van der Waals surface area contributed by atoms with Crippen LogP contribution in [-0.4, -0.2) is 17.0 Å². The van der Waals surface area contributed by atoms with Gasteiger partial charge in [0.05, 0.1) is 16.1 Å². The molecule has 2 N–H and O–H groups in total. The van der Waals surface area contributed by atoms with E-state index in [-0.39, 0.29) is 23.0 Å². The molecule has 0 aliphatic carbocycles. The van der Waals surface area contributed by atoms with Crippen LogP contribution < -0.4 is 5.32 Å². The summed E-state index contributed by atoms with van der Waals surface area (Å²) in [5.74, 6) is -1.35. The van der Waals surface area contributed by atoms with Crippen molar-refractivity contribution in [1.82, 2.24) is 5.32 Å². The molecule has 4 nitrogen and oxygen atoms in total. The van der Waals surface area contributed by atoms with Gasteiger partial charge in [-0.3, -0.25) is 4.79 Å². The van der Waals surface area contributed by atoms with Gasteiger partial charge in [0.15, 0.2) is 0 Å². The number of hydrogen-bond acceptors (Lipinski definition) is 2. The van der Waals surface area contributed by atoms with E-state index in [0.717, 1.165) is 11.1 Å². The molecule has 0 spiro atoms. The molecule has 142 valence electrons. The average Bonchev–Trinajstić information content (AvgIpc) is 2.67. The zero-order valence-electron chi connectivity index (χ0n) is 14.4. The van der Waals surface area contributed by atoms with Crippen LogP contribution in [0.15, 0.2) is 60.7 Å². The maximum atomic E-state index is 12.4. The zero-order chi connectivity index (χ0) is 20.3. The van der Waals surface area contributed by atoms with Crippen LogP contribution in [0.2, 0.25) is 15.1 Å². The summed E-state index contributed by atoms with van der Waals surface area (Å²) in [6.07, 6.45) is 0. The lowest BCUT2D eigenvalue weighted by Crippen LogP contribution is -2.23. The Morgan fingerprint density at radius 3 is 2.32 bits per heavy atom. The number of benzene rings is 3. The number of nitrogens with one attached hydrogen (secondary N) is 1. The molecule has 28 heavy (non-hydrogen) atoms. The highest BCUT2D eigenvalue weighted by molar-refractivity contribution is 6.36. The third-order valence-electron chi connectivity index (χ3n) is 4.10. The van der Waals surface area contributed by atoms with Gasteiger partial charge in [0.1, 0.15) is 0 Å². The van der Waals surface area contributed by atoms with Crippen molar-refractivity contribution in [3.63, 3.8) is 0 Å². The monoisotopic (exact) mass is 433 g/mol. The smallest absolute Gasteiger partial charge is 0.335 e. The van der Waals surface area contributed by atoms with Gasteiger partial charge in [-0.05, 0) is 59.2 Å². The molecule has 0 aromatic heterocycles. The summed E-state index contributed by atoms with van der Waals surface area (Å²) in [4.78, 5) is 23.6. The number of amides is 1. The van der Waals surface area contributed by atoms with Crippen LogP contribution in [0.4, 0.5) is 0 Å². The van der Waals surface area contributed by atoms with Crippen molar-refractivity contribution in [2.24, 2.45) is 0 Å². The van der Waals surface area contributed by atoms with Crippen molar-refractivity contribution < 1.29 is 14.7 Å². The van der Waals surface area contributed by atoms with E-state index in [0.29, 0.717) is 21.2 Å². The van der Waals surface area contributed by atoms with Crippen molar-refractivity contribution in [3.05, 3.63) is 92.4 Å². The first kappa shape index (κ1) is 20.2. The molecule has 3 aromatic carbocycles. The lowest BCUT2D eigenvalue weighted by Gasteiger charge is -2.11. The molecule has 0 bridgehead atoms. The maximum Gasteiger partial charge on any atom is 0.335 e. The van der Waals surface area contributed by atoms with Crippen molar-refractivity contribution in [2.75, 3.05) is 0 Å². The fourth-order valence-corrected chi connectivity index (χ4v) is 3.34. The highest BCUT2D eigenvalue weighted by atomic mass is 35.5. The minimum atomic E-state index is -0.997. The van der Waals surface area contributed by atoms with E-state index in [4.69, 9.17) is 39.9 Å². The second kappa shape index (κ2) is 8.65. The summed E-state index contributed by atoms with van der Waals surface area (Å²) in [6.45, 7) is 0.184. The number of rotatable bonds is 5. The molecule has 0 saturated carbocycles. The van der Waals surface area contributed by atoms with E-state index in [1.807, 2.05) is 12.1 Å². The van der Waals surface area contributed by atoms with E-state index in [1.54, 1.807) is 36.4 Å². The normalized spacial score (nSPS) is 10.5. The Hall–Kier alpha value is -2.53. The number of carbonyl (C=O) groups is 2. The Morgan fingerprint density at radius 2 is 1.61 bits per heavy atom. The van der Waals surface area contributed by atoms with E-state index >= 15 is 0 Å². The molecular weight excluding hydrogens is 421 g/mol. The third-order valence-corrected chi connectivity index (χ3v) is 5.02. The molecule has 0 heterocycles. The Labute approximate surface area is 176 Å². The first-order chi connectivity index (χ1) is 13.3. The molecular formula is C21H14Cl3NO3. The molecule has 0 atom stereocenters. The zero-order valence-corrected chi connectivity index (χ0v) is 16.6. The van der Waals surface area contributed by atoms with E-state index in [1.165, 1.54) is 12.1 Å². The molecule has 3 rings (SSSR count). The second-order valence-corrected chi connectivity index (χ2v) is 7.25. The highest BCUT2D eigenvalue weighted by Crippen LogP contribution is 2.26. The number of carbonyl (C=O) groups excluding carboxylic acids is 1. The Balaban J connectivity index is 1.81. The van der Waals surface area contributed by atoms with Crippen LogP contribution >= 0.6 is 34.8 Å². The van der Waals surface area contributed by atoms with E-state index in [9.17, 15) is 9.59 Å². The summed E-state index contributed by atoms with van der Waals surface area (Å²) in [6, 6.07) is 16.6. The molecule has 0 aliphatic heterocycles. The number of halogens is 3. The lowest BCUT2D eigenvalue weighted by atomic mass is 10.0. The van der Waals surface area contributed by atoms with Gasteiger partial charge < -0.3 is 10.4 Å². The van der Waals surface area contributed by atoms with Gasteiger partial charge in [0.2, 0.25) is 0 Å². The first-order valence-corrected chi connectivity index (χ1v) is 9.34. The first-order valence-electron chi connectivity index (χ1n) is 8.20. The molecule has 0 saturated heterocycles. The van der Waals surface area contributed by atoms with Gasteiger partial charge in [-0.1, -0.05) is 53.0 Å². The van der Waals surface area contributed by atoms with Crippen LogP contribution in [0.3, 0.4) is 0 Å². The molecule has 1 amide bonds. The quantitative estimate of drug-likeness (QED) is 0.522. The van der Waals surface area contributed by atoms with Crippen molar-refractivity contribution in [2.45, 2.75) is 6.54 Å². The number of carboxylic acids is 1. The average molecular weight is 435 g/mol. The summed E-state index contributed by atoms with van der Waals surface area (Å²) in [5, 5.41) is 13.1. The molecule has 0 unspecified atom stereocenters. The Morgan fingerprint density at radius 1 is 0.857 bits per heavy atom. The highest BCUT2D eigenvalue weighted by Gasteiger charge is 2.12. The van der Waals surface area contributed by atoms with Crippen molar-refractivity contribution >= 4 is 46.7 Å². The SMILES string of the molecule is O=C(O)c1cccc(-c2ccc(Cl)c(CNC(=O)c3ccc(Cl)cc3Cl)c2)c1. The molecule has 7 heteroatoms. The third kappa shape index (κ3) is 4.65. The number of hydrogen-bond donors (Lipinski definition) is 2. The van der Waals surface area contributed by atoms with Gasteiger partial charge in [0.25, 0.3) is 5.91 Å². The predicted molar refractivity (Wildman–Crippen MR) is 111 cm³/mol. The van der Waals surface area contributed by atoms with E-state index < -0.39 is 5.97 Å². The summed E-state index contributed by atoms with van der Waals surface area (Å²) in [7, 11) is 0. The van der Waals surface area contributed by atoms with Crippen molar-refractivity contribution in [3.8, 4) is 11.1 Å². The minimum Gasteiger partial charge on any atom is -0.478 e. The van der Waals surface area contributed by atoms with Crippen LogP contribution in [0, 0.1) is 0 Å². The van der Waals surface area contributed by atoms with Gasteiger partial charge >= 0.3 is 5.97 Å². The Bertz CT molecular complexity index is 1070. The number of aromatic carboxylic acids is 1. The van der Waals surface area contributed by atoms with Crippen LogP contribution in [0.5, 0.6) is 0 Å². The second-order valence-electron chi connectivity index (χ2n) is 6.00. The topological polar surface area (TPSA) is 66.4 Å². The summed E-state index contributed by atoms with van der Waals surface area (Å²) < 4.78 is 0. The minimum absolute atomic E-state index is 0.184. The van der Waals surface area contributed by atoms with Crippen LogP contribution in [0.25, 0.3) is 11.1 Å². The van der Waals surface area contributed by atoms with Crippen molar-refractivity contribution in [1.29, 1.82) is 0 Å². The molecule has 0 fully saturated rings. The lowest BCUT2D eigenvalue weighted by molar-refractivity contribution is 0.0696.